The van der Waals surface area contributed by atoms with Gasteiger partial charge in [0, 0.05) is 29.1 Å². The van der Waals surface area contributed by atoms with E-state index in [2.05, 4.69) is 46.1 Å². The first-order valence-electron chi connectivity index (χ1n) is 7.18. The summed E-state index contributed by atoms with van der Waals surface area (Å²) >= 11 is 1.74. The lowest BCUT2D eigenvalue weighted by molar-refractivity contribution is 0.924. The molecule has 0 saturated heterocycles. The fourth-order valence-corrected chi connectivity index (χ4v) is 2.64. The van der Waals surface area contributed by atoms with E-state index in [1.54, 1.807) is 11.8 Å². The number of aromatic nitrogens is 2. The summed E-state index contributed by atoms with van der Waals surface area (Å²) < 4.78 is 0. The fourth-order valence-electron chi connectivity index (χ4n) is 2.23. The van der Waals surface area contributed by atoms with E-state index in [0.717, 1.165) is 28.7 Å². The molecule has 5 heteroatoms. The molecule has 0 unspecified atom stereocenters. The molecule has 1 fully saturated rings. The first-order valence-corrected chi connectivity index (χ1v) is 8.41. The third-order valence-corrected chi connectivity index (χ3v) is 4.44. The molecule has 0 aliphatic heterocycles. The standard InChI is InChI=1S/C16H20N4S/c1-10-14(17-2)19-16(11-4-5-11)20-15(10)18-12-6-8-13(21-3)9-7-12/h6-9,11H,4-5H2,1-3H3,(H2,17,18,19,20). The number of anilines is 3. The second kappa shape index (κ2) is 5.93. The number of rotatable bonds is 5. The van der Waals surface area contributed by atoms with E-state index >= 15 is 0 Å². The van der Waals surface area contributed by atoms with E-state index in [4.69, 9.17) is 4.98 Å². The van der Waals surface area contributed by atoms with Crippen LogP contribution in [0, 0.1) is 6.92 Å². The zero-order valence-corrected chi connectivity index (χ0v) is 13.4. The summed E-state index contributed by atoms with van der Waals surface area (Å²) in [5.74, 6) is 3.30. The summed E-state index contributed by atoms with van der Waals surface area (Å²) in [6.07, 6.45) is 4.49. The van der Waals surface area contributed by atoms with Crippen LogP contribution in [0.1, 0.15) is 30.1 Å². The van der Waals surface area contributed by atoms with Crippen LogP contribution in [0.25, 0.3) is 0 Å². The minimum absolute atomic E-state index is 0.539. The van der Waals surface area contributed by atoms with Gasteiger partial charge in [0.05, 0.1) is 0 Å². The van der Waals surface area contributed by atoms with Crippen molar-refractivity contribution in [3.05, 3.63) is 35.7 Å². The third kappa shape index (κ3) is 3.13. The Labute approximate surface area is 129 Å². The van der Waals surface area contributed by atoms with E-state index in [9.17, 15) is 0 Å². The Bertz CT molecular complexity index is 635. The number of hydrogen-bond acceptors (Lipinski definition) is 5. The molecule has 1 aromatic heterocycles. The summed E-state index contributed by atoms with van der Waals surface area (Å²) in [4.78, 5) is 10.6. The maximum atomic E-state index is 4.71. The molecule has 0 amide bonds. The number of thioether (sulfide) groups is 1. The molecule has 1 saturated carbocycles. The molecular weight excluding hydrogens is 280 g/mol. The summed E-state index contributed by atoms with van der Waals surface area (Å²) in [7, 11) is 1.91. The van der Waals surface area contributed by atoms with E-state index in [-0.39, 0.29) is 0 Å². The van der Waals surface area contributed by atoms with Crippen molar-refractivity contribution in [1.82, 2.24) is 9.97 Å². The van der Waals surface area contributed by atoms with E-state index in [1.165, 1.54) is 17.7 Å². The van der Waals surface area contributed by atoms with Crippen LogP contribution in [0.15, 0.2) is 29.2 Å². The SMILES string of the molecule is CNc1nc(C2CC2)nc(Nc2ccc(SC)cc2)c1C. The van der Waals surface area contributed by atoms with Crippen molar-refractivity contribution in [2.75, 3.05) is 23.9 Å². The van der Waals surface area contributed by atoms with Gasteiger partial charge in [0.2, 0.25) is 0 Å². The summed E-state index contributed by atoms with van der Waals surface area (Å²) in [5, 5.41) is 6.59. The van der Waals surface area contributed by atoms with Crippen LogP contribution in [0.2, 0.25) is 0 Å². The van der Waals surface area contributed by atoms with Crippen molar-refractivity contribution < 1.29 is 0 Å². The smallest absolute Gasteiger partial charge is 0.139 e. The van der Waals surface area contributed by atoms with Crippen LogP contribution in [0.4, 0.5) is 17.3 Å². The number of nitrogens with zero attached hydrogens (tertiary/aromatic N) is 2. The molecule has 0 atom stereocenters. The fraction of sp³-hybridized carbons (Fsp3) is 0.375. The van der Waals surface area contributed by atoms with Gasteiger partial charge in [0.15, 0.2) is 0 Å². The minimum Gasteiger partial charge on any atom is -0.373 e. The van der Waals surface area contributed by atoms with Gasteiger partial charge in [0.1, 0.15) is 17.5 Å². The molecule has 1 heterocycles. The highest BCUT2D eigenvalue weighted by Gasteiger charge is 2.28. The number of hydrogen-bond donors (Lipinski definition) is 2. The summed E-state index contributed by atoms with van der Waals surface area (Å²) in [5.41, 5.74) is 2.11. The maximum absolute atomic E-state index is 4.71. The minimum atomic E-state index is 0.539. The third-order valence-electron chi connectivity index (χ3n) is 3.70. The molecule has 2 aromatic rings. The lowest BCUT2D eigenvalue weighted by Crippen LogP contribution is -2.06. The van der Waals surface area contributed by atoms with Crippen molar-refractivity contribution in [3.8, 4) is 0 Å². The van der Waals surface area contributed by atoms with Crippen molar-refractivity contribution in [3.63, 3.8) is 0 Å². The lowest BCUT2D eigenvalue weighted by Gasteiger charge is -2.14. The van der Waals surface area contributed by atoms with Gasteiger partial charge in [-0.05, 0) is 50.3 Å². The molecule has 4 nitrogen and oxygen atoms in total. The van der Waals surface area contributed by atoms with Crippen LogP contribution in [0.3, 0.4) is 0 Å². The van der Waals surface area contributed by atoms with Gasteiger partial charge in [-0.15, -0.1) is 11.8 Å². The second-order valence-corrected chi connectivity index (χ2v) is 6.16. The van der Waals surface area contributed by atoms with Crippen molar-refractivity contribution in [2.45, 2.75) is 30.6 Å². The molecule has 3 rings (SSSR count). The highest BCUT2D eigenvalue weighted by atomic mass is 32.2. The number of nitrogens with one attached hydrogen (secondary N) is 2. The van der Waals surface area contributed by atoms with Crippen molar-refractivity contribution in [2.24, 2.45) is 0 Å². The molecular formula is C16H20N4S. The predicted octanol–water partition coefficient (Wildman–Crippen LogP) is 4.17. The van der Waals surface area contributed by atoms with Gasteiger partial charge in [-0.2, -0.15) is 0 Å². The van der Waals surface area contributed by atoms with Crippen LogP contribution < -0.4 is 10.6 Å². The first kappa shape index (κ1) is 14.2. The molecule has 21 heavy (non-hydrogen) atoms. The molecule has 2 N–H and O–H groups in total. The normalized spacial score (nSPS) is 14.0. The van der Waals surface area contributed by atoms with E-state index in [0.29, 0.717) is 5.92 Å². The molecule has 0 bridgehead atoms. The first-order chi connectivity index (χ1) is 10.2. The van der Waals surface area contributed by atoms with Crippen LogP contribution >= 0.6 is 11.8 Å². The molecule has 1 aliphatic rings. The zero-order valence-electron chi connectivity index (χ0n) is 12.6. The summed E-state index contributed by atoms with van der Waals surface area (Å²) in [6, 6.07) is 8.40. The van der Waals surface area contributed by atoms with Crippen LogP contribution in [0.5, 0.6) is 0 Å². The van der Waals surface area contributed by atoms with Crippen molar-refractivity contribution in [1.29, 1.82) is 0 Å². The van der Waals surface area contributed by atoms with Crippen LogP contribution in [-0.2, 0) is 0 Å². The van der Waals surface area contributed by atoms with E-state index < -0.39 is 0 Å². The van der Waals surface area contributed by atoms with Crippen LogP contribution in [-0.4, -0.2) is 23.3 Å². The highest BCUT2D eigenvalue weighted by molar-refractivity contribution is 7.98. The number of benzene rings is 1. The highest BCUT2D eigenvalue weighted by Crippen LogP contribution is 2.39. The Balaban J connectivity index is 1.90. The molecule has 110 valence electrons. The lowest BCUT2D eigenvalue weighted by atomic mass is 10.2. The Morgan fingerprint density at radius 3 is 2.33 bits per heavy atom. The Kier molecular flexibility index (Phi) is 4.01. The molecule has 1 aliphatic carbocycles. The second-order valence-electron chi connectivity index (χ2n) is 5.28. The average Bonchev–Trinajstić information content (AvgIpc) is 3.35. The van der Waals surface area contributed by atoms with Gasteiger partial charge in [-0.3, -0.25) is 0 Å². The quantitative estimate of drug-likeness (QED) is 0.812. The average molecular weight is 300 g/mol. The zero-order chi connectivity index (χ0) is 14.8. The monoisotopic (exact) mass is 300 g/mol. The Morgan fingerprint density at radius 1 is 1.10 bits per heavy atom. The van der Waals surface area contributed by atoms with Gasteiger partial charge >= 0.3 is 0 Å². The Morgan fingerprint density at radius 2 is 1.76 bits per heavy atom. The summed E-state index contributed by atoms with van der Waals surface area (Å²) in [6.45, 7) is 2.04. The maximum Gasteiger partial charge on any atom is 0.139 e. The molecule has 0 spiro atoms. The topological polar surface area (TPSA) is 49.8 Å². The molecule has 0 radical (unpaired) electrons. The van der Waals surface area contributed by atoms with Gasteiger partial charge < -0.3 is 10.6 Å². The van der Waals surface area contributed by atoms with Crippen molar-refractivity contribution >= 4 is 29.1 Å². The molecule has 1 aromatic carbocycles. The van der Waals surface area contributed by atoms with Gasteiger partial charge in [-0.1, -0.05) is 0 Å². The largest absolute Gasteiger partial charge is 0.373 e. The van der Waals surface area contributed by atoms with Gasteiger partial charge in [-0.25, -0.2) is 9.97 Å². The van der Waals surface area contributed by atoms with E-state index in [1.807, 2.05) is 14.0 Å². The predicted molar refractivity (Wildman–Crippen MR) is 89.8 cm³/mol. The Hall–Kier alpha value is -1.75. The van der Waals surface area contributed by atoms with Gasteiger partial charge in [0.25, 0.3) is 0 Å².